The first-order valence-corrected chi connectivity index (χ1v) is 6.49. The molecule has 1 aliphatic rings. The number of carbonyl (C=O) groups is 1. The molecule has 0 bridgehead atoms. The Morgan fingerprint density at radius 3 is 2.72 bits per heavy atom. The summed E-state index contributed by atoms with van der Waals surface area (Å²) in [6, 6.07) is 0. The second kappa shape index (κ2) is 5.18. The number of aromatic nitrogens is 3. The molecule has 0 unspecified atom stereocenters. The predicted molar refractivity (Wildman–Crippen MR) is 67.1 cm³/mol. The molecule has 0 saturated heterocycles. The number of rotatable bonds is 4. The lowest BCUT2D eigenvalue weighted by Gasteiger charge is -2.36. The summed E-state index contributed by atoms with van der Waals surface area (Å²) in [5.41, 5.74) is -0.599. The number of Topliss-reactive ketones (excluding diaryl/α,β-unsaturated/α-hetero) is 1. The Kier molecular flexibility index (Phi) is 3.80. The fourth-order valence-electron chi connectivity index (χ4n) is 2.61. The SMILES string of the molecule is COC1(C(=O)Cc2ncnn2C)CCC(C)CC1. The molecule has 0 spiro atoms. The van der Waals surface area contributed by atoms with E-state index in [-0.39, 0.29) is 5.78 Å². The largest absolute Gasteiger partial charge is 0.370 e. The summed E-state index contributed by atoms with van der Waals surface area (Å²) >= 11 is 0. The number of methoxy groups -OCH3 is 1. The highest BCUT2D eigenvalue weighted by molar-refractivity contribution is 5.88. The highest BCUT2D eigenvalue weighted by atomic mass is 16.5. The van der Waals surface area contributed by atoms with Gasteiger partial charge in [0, 0.05) is 14.2 Å². The lowest BCUT2D eigenvalue weighted by atomic mass is 9.76. The Morgan fingerprint density at radius 1 is 1.56 bits per heavy atom. The molecule has 1 saturated carbocycles. The summed E-state index contributed by atoms with van der Waals surface area (Å²) in [4.78, 5) is 16.6. The number of hydrogen-bond acceptors (Lipinski definition) is 4. The van der Waals surface area contributed by atoms with Gasteiger partial charge in [0.05, 0.1) is 6.42 Å². The smallest absolute Gasteiger partial charge is 0.172 e. The van der Waals surface area contributed by atoms with Crippen molar-refractivity contribution in [2.24, 2.45) is 13.0 Å². The van der Waals surface area contributed by atoms with Crippen LogP contribution >= 0.6 is 0 Å². The van der Waals surface area contributed by atoms with Crippen LogP contribution in [0.25, 0.3) is 0 Å². The topological polar surface area (TPSA) is 57.0 Å². The van der Waals surface area contributed by atoms with Crippen molar-refractivity contribution in [3.63, 3.8) is 0 Å². The van der Waals surface area contributed by atoms with Gasteiger partial charge in [0.1, 0.15) is 17.8 Å². The Morgan fingerprint density at radius 2 is 2.22 bits per heavy atom. The molecule has 0 aliphatic heterocycles. The summed E-state index contributed by atoms with van der Waals surface area (Å²) in [6.45, 7) is 2.23. The van der Waals surface area contributed by atoms with E-state index in [9.17, 15) is 4.79 Å². The quantitative estimate of drug-likeness (QED) is 0.814. The summed E-state index contributed by atoms with van der Waals surface area (Å²) < 4.78 is 7.22. The molecule has 1 aliphatic carbocycles. The third-order valence-electron chi connectivity index (χ3n) is 4.10. The molecule has 2 rings (SSSR count). The average molecular weight is 251 g/mol. The highest BCUT2D eigenvalue weighted by Gasteiger charge is 2.41. The number of ketones is 1. The van der Waals surface area contributed by atoms with Crippen LogP contribution in [0.3, 0.4) is 0 Å². The zero-order valence-corrected chi connectivity index (χ0v) is 11.3. The van der Waals surface area contributed by atoms with E-state index in [0.717, 1.165) is 25.7 Å². The van der Waals surface area contributed by atoms with Gasteiger partial charge < -0.3 is 4.74 Å². The molecule has 5 nitrogen and oxygen atoms in total. The molecule has 0 aromatic carbocycles. The zero-order valence-electron chi connectivity index (χ0n) is 11.3. The van der Waals surface area contributed by atoms with E-state index < -0.39 is 5.60 Å². The molecule has 1 heterocycles. The van der Waals surface area contributed by atoms with Gasteiger partial charge in [-0.25, -0.2) is 4.98 Å². The first-order valence-electron chi connectivity index (χ1n) is 6.49. The van der Waals surface area contributed by atoms with Gasteiger partial charge in [-0.05, 0) is 31.6 Å². The minimum Gasteiger partial charge on any atom is -0.370 e. The van der Waals surface area contributed by atoms with Gasteiger partial charge in [-0.15, -0.1) is 0 Å². The van der Waals surface area contributed by atoms with Gasteiger partial charge in [-0.3, -0.25) is 9.48 Å². The van der Waals surface area contributed by atoms with E-state index in [1.54, 1.807) is 18.8 Å². The lowest BCUT2D eigenvalue weighted by molar-refractivity contribution is -0.145. The third kappa shape index (κ3) is 2.46. The molecular formula is C13H21N3O2. The van der Waals surface area contributed by atoms with Crippen LogP contribution in [0.2, 0.25) is 0 Å². The summed E-state index contributed by atoms with van der Waals surface area (Å²) in [6.07, 6.45) is 5.53. The molecule has 1 aromatic rings. The van der Waals surface area contributed by atoms with Crippen molar-refractivity contribution in [3.8, 4) is 0 Å². The van der Waals surface area contributed by atoms with Gasteiger partial charge >= 0.3 is 0 Å². The monoisotopic (exact) mass is 251 g/mol. The second-order valence-electron chi connectivity index (χ2n) is 5.28. The number of aryl methyl sites for hydroxylation is 1. The first-order chi connectivity index (χ1) is 8.57. The molecule has 18 heavy (non-hydrogen) atoms. The summed E-state index contributed by atoms with van der Waals surface area (Å²) in [5, 5.41) is 3.99. The van der Waals surface area contributed by atoms with Crippen molar-refractivity contribution in [2.45, 2.75) is 44.6 Å². The maximum absolute atomic E-state index is 12.5. The summed E-state index contributed by atoms with van der Waals surface area (Å²) in [7, 11) is 3.45. The van der Waals surface area contributed by atoms with E-state index in [2.05, 4.69) is 17.0 Å². The van der Waals surface area contributed by atoms with Gasteiger partial charge in [-0.1, -0.05) is 6.92 Å². The molecule has 0 amide bonds. The van der Waals surface area contributed by atoms with Crippen molar-refractivity contribution >= 4 is 5.78 Å². The van der Waals surface area contributed by atoms with Crippen molar-refractivity contribution in [1.29, 1.82) is 0 Å². The average Bonchev–Trinajstić information content (AvgIpc) is 2.76. The molecule has 1 fully saturated rings. The second-order valence-corrected chi connectivity index (χ2v) is 5.28. The Labute approximate surface area is 108 Å². The molecule has 0 N–H and O–H groups in total. The standard InChI is InChI=1S/C13H21N3O2/c1-10-4-6-13(18-3,7-5-10)11(17)8-12-14-9-15-16(12)2/h9-10H,4-8H2,1-3H3. The Hall–Kier alpha value is -1.23. The molecule has 0 atom stereocenters. The van der Waals surface area contributed by atoms with Crippen LogP contribution in [-0.2, 0) is 23.0 Å². The molecule has 100 valence electrons. The van der Waals surface area contributed by atoms with Crippen molar-refractivity contribution in [3.05, 3.63) is 12.2 Å². The fourth-order valence-corrected chi connectivity index (χ4v) is 2.61. The van der Waals surface area contributed by atoms with Crippen molar-refractivity contribution < 1.29 is 9.53 Å². The van der Waals surface area contributed by atoms with Crippen LogP contribution < -0.4 is 0 Å². The van der Waals surface area contributed by atoms with Crippen LogP contribution in [0.5, 0.6) is 0 Å². The highest BCUT2D eigenvalue weighted by Crippen LogP contribution is 2.35. The van der Waals surface area contributed by atoms with E-state index in [1.165, 1.54) is 6.33 Å². The van der Waals surface area contributed by atoms with Crippen LogP contribution in [0, 0.1) is 5.92 Å². The van der Waals surface area contributed by atoms with Crippen LogP contribution in [-0.4, -0.2) is 33.3 Å². The van der Waals surface area contributed by atoms with Crippen LogP contribution in [0.15, 0.2) is 6.33 Å². The lowest BCUT2D eigenvalue weighted by Crippen LogP contribution is -2.45. The number of ether oxygens (including phenoxy) is 1. The van der Waals surface area contributed by atoms with Crippen LogP contribution in [0.1, 0.15) is 38.4 Å². The Bertz CT molecular complexity index is 420. The third-order valence-corrected chi connectivity index (χ3v) is 4.10. The molecular weight excluding hydrogens is 230 g/mol. The van der Waals surface area contributed by atoms with E-state index in [4.69, 9.17) is 4.74 Å². The minimum absolute atomic E-state index is 0.132. The number of nitrogens with zero attached hydrogens (tertiary/aromatic N) is 3. The van der Waals surface area contributed by atoms with E-state index in [0.29, 0.717) is 18.2 Å². The van der Waals surface area contributed by atoms with Crippen molar-refractivity contribution in [1.82, 2.24) is 14.8 Å². The Balaban J connectivity index is 2.08. The van der Waals surface area contributed by atoms with Crippen LogP contribution in [0.4, 0.5) is 0 Å². The van der Waals surface area contributed by atoms with Gasteiger partial charge in [-0.2, -0.15) is 5.10 Å². The van der Waals surface area contributed by atoms with E-state index in [1.807, 2.05) is 0 Å². The molecule has 5 heteroatoms. The van der Waals surface area contributed by atoms with Gasteiger partial charge in [0.15, 0.2) is 5.78 Å². The summed E-state index contributed by atoms with van der Waals surface area (Å²) in [5.74, 6) is 1.53. The molecule has 1 aromatic heterocycles. The normalized spacial score (nSPS) is 28.3. The van der Waals surface area contributed by atoms with Gasteiger partial charge in [0.25, 0.3) is 0 Å². The zero-order chi connectivity index (χ0) is 13.2. The van der Waals surface area contributed by atoms with Gasteiger partial charge in [0.2, 0.25) is 0 Å². The number of carbonyl (C=O) groups excluding carboxylic acids is 1. The minimum atomic E-state index is -0.599. The maximum atomic E-state index is 12.5. The first kappa shape index (κ1) is 13.2. The predicted octanol–water partition coefficient (Wildman–Crippen LogP) is 1.52. The molecule has 0 radical (unpaired) electrons. The van der Waals surface area contributed by atoms with E-state index >= 15 is 0 Å². The number of hydrogen-bond donors (Lipinski definition) is 0. The maximum Gasteiger partial charge on any atom is 0.172 e. The fraction of sp³-hybridized carbons (Fsp3) is 0.769. The van der Waals surface area contributed by atoms with Crippen molar-refractivity contribution in [2.75, 3.05) is 7.11 Å².